The highest BCUT2D eigenvalue weighted by Crippen LogP contribution is 2.35. The molecule has 0 spiro atoms. The van der Waals surface area contributed by atoms with Crippen molar-refractivity contribution in [3.05, 3.63) is 62.9 Å². The minimum atomic E-state index is -0.535. The smallest absolute Gasteiger partial charge is 0.320 e. The zero-order chi connectivity index (χ0) is 20.7. The molecule has 4 rings (SSSR count). The van der Waals surface area contributed by atoms with Crippen molar-refractivity contribution in [2.75, 3.05) is 6.54 Å². The maximum Gasteiger partial charge on any atom is 0.320 e. The quantitative estimate of drug-likeness (QED) is 0.538. The summed E-state index contributed by atoms with van der Waals surface area (Å²) in [6.07, 6.45) is -0.00271. The molecule has 29 heavy (non-hydrogen) atoms. The standard InChI is InChI=1S/C22H20N4O3/c1-3-19(29-20(27)10-24)16-8-18-21-15(11-26(18)22(28)12(16)2)7-14-6-13(9-23)4-5-17(14)25-21/h4-8,19H,3,10-11,24H2,1-2H3. The van der Waals surface area contributed by atoms with Crippen molar-refractivity contribution < 1.29 is 9.53 Å². The van der Waals surface area contributed by atoms with E-state index in [1.165, 1.54) is 0 Å². The third kappa shape index (κ3) is 3.08. The summed E-state index contributed by atoms with van der Waals surface area (Å²) in [7, 11) is 0. The second-order valence-corrected chi connectivity index (χ2v) is 7.11. The molecular weight excluding hydrogens is 368 g/mol. The topological polar surface area (TPSA) is 111 Å². The number of nitrogens with two attached hydrogens (primary N) is 1. The highest BCUT2D eigenvalue weighted by molar-refractivity contribution is 5.85. The van der Waals surface area contributed by atoms with E-state index in [-0.39, 0.29) is 12.1 Å². The Balaban J connectivity index is 1.88. The van der Waals surface area contributed by atoms with Crippen LogP contribution in [-0.4, -0.2) is 22.1 Å². The van der Waals surface area contributed by atoms with Gasteiger partial charge in [0.1, 0.15) is 6.10 Å². The van der Waals surface area contributed by atoms with Gasteiger partial charge in [0.25, 0.3) is 5.56 Å². The van der Waals surface area contributed by atoms with E-state index in [1.54, 1.807) is 23.6 Å². The fraction of sp³-hybridized carbons (Fsp3) is 0.273. The molecule has 0 aliphatic carbocycles. The number of ether oxygens (including phenoxy) is 1. The molecule has 2 aromatic heterocycles. The minimum Gasteiger partial charge on any atom is -0.457 e. The Morgan fingerprint density at radius 3 is 2.86 bits per heavy atom. The van der Waals surface area contributed by atoms with E-state index in [0.29, 0.717) is 35.3 Å². The third-order valence-corrected chi connectivity index (χ3v) is 5.33. The van der Waals surface area contributed by atoms with E-state index in [2.05, 4.69) is 6.07 Å². The van der Waals surface area contributed by atoms with Crippen molar-refractivity contribution in [3.63, 3.8) is 0 Å². The Hall–Kier alpha value is -3.50. The molecule has 7 nitrogen and oxygen atoms in total. The van der Waals surface area contributed by atoms with E-state index >= 15 is 0 Å². The van der Waals surface area contributed by atoms with Crippen molar-refractivity contribution in [1.82, 2.24) is 9.55 Å². The maximum atomic E-state index is 13.0. The molecule has 0 saturated carbocycles. The Morgan fingerprint density at radius 2 is 2.17 bits per heavy atom. The van der Waals surface area contributed by atoms with E-state index in [9.17, 15) is 9.59 Å². The lowest BCUT2D eigenvalue weighted by Crippen LogP contribution is -2.26. The number of carbonyl (C=O) groups is 1. The van der Waals surface area contributed by atoms with Crippen molar-refractivity contribution in [3.8, 4) is 17.5 Å². The number of esters is 1. The van der Waals surface area contributed by atoms with Crippen LogP contribution in [0, 0.1) is 18.3 Å². The lowest BCUT2D eigenvalue weighted by atomic mass is 10.0. The van der Waals surface area contributed by atoms with Crippen LogP contribution < -0.4 is 11.3 Å². The lowest BCUT2D eigenvalue weighted by Gasteiger charge is -2.19. The Bertz CT molecular complexity index is 1250. The van der Waals surface area contributed by atoms with Crippen LogP contribution in [0.4, 0.5) is 0 Å². The zero-order valence-corrected chi connectivity index (χ0v) is 16.2. The first-order chi connectivity index (χ1) is 14.0. The second kappa shape index (κ2) is 7.15. The van der Waals surface area contributed by atoms with E-state index in [4.69, 9.17) is 20.7 Å². The number of hydrogen-bond acceptors (Lipinski definition) is 6. The molecule has 2 N–H and O–H groups in total. The molecule has 1 aromatic carbocycles. The van der Waals surface area contributed by atoms with Crippen LogP contribution >= 0.6 is 0 Å². The average molecular weight is 388 g/mol. The van der Waals surface area contributed by atoms with Gasteiger partial charge in [0.15, 0.2) is 0 Å². The first-order valence-corrected chi connectivity index (χ1v) is 9.44. The SMILES string of the molecule is CCC(OC(=O)CN)c1cc2n(c(=O)c1C)Cc1cc3cc(C#N)ccc3nc1-2. The fourth-order valence-electron chi connectivity index (χ4n) is 3.83. The van der Waals surface area contributed by atoms with Crippen molar-refractivity contribution in [2.45, 2.75) is 32.9 Å². The lowest BCUT2D eigenvalue weighted by molar-refractivity contribution is -0.147. The first-order valence-electron chi connectivity index (χ1n) is 9.44. The third-order valence-electron chi connectivity index (χ3n) is 5.33. The number of pyridine rings is 2. The maximum absolute atomic E-state index is 13.0. The average Bonchev–Trinajstić information content (AvgIpc) is 3.09. The summed E-state index contributed by atoms with van der Waals surface area (Å²) in [5.41, 5.74) is 10.2. The van der Waals surface area contributed by atoms with Gasteiger partial charge in [0.05, 0.1) is 41.6 Å². The molecule has 1 aliphatic heterocycles. The molecule has 146 valence electrons. The number of hydrogen-bond donors (Lipinski definition) is 1. The number of rotatable bonds is 4. The molecule has 0 bridgehead atoms. The van der Waals surface area contributed by atoms with Crippen LogP contribution in [-0.2, 0) is 16.1 Å². The van der Waals surface area contributed by atoms with Crippen LogP contribution in [0.2, 0.25) is 0 Å². The number of nitrogens with zero attached hydrogens (tertiary/aromatic N) is 3. The van der Waals surface area contributed by atoms with E-state index in [1.807, 2.05) is 25.1 Å². The molecule has 0 radical (unpaired) electrons. The molecule has 3 aromatic rings. The number of aromatic nitrogens is 2. The highest BCUT2D eigenvalue weighted by atomic mass is 16.5. The van der Waals surface area contributed by atoms with E-state index in [0.717, 1.165) is 22.2 Å². The summed E-state index contributed by atoms with van der Waals surface area (Å²) in [5.74, 6) is -0.505. The molecule has 1 unspecified atom stereocenters. The molecule has 0 saturated heterocycles. The molecule has 1 aliphatic rings. The van der Waals surface area contributed by atoms with Gasteiger partial charge in [-0.2, -0.15) is 5.26 Å². The molecule has 7 heteroatoms. The van der Waals surface area contributed by atoms with Gasteiger partial charge >= 0.3 is 5.97 Å². The molecule has 0 amide bonds. The summed E-state index contributed by atoms with van der Waals surface area (Å²) < 4.78 is 7.14. The fourth-order valence-corrected chi connectivity index (χ4v) is 3.83. The first kappa shape index (κ1) is 18.8. The summed E-state index contributed by atoms with van der Waals surface area (Å²) in [6, 6.07) is 11.3. The number of benzene rings is 1. The zero-order valence-electron chi connectivity index (χ0n) is 16.2. The summed E-state index contributed by atoms with van der Waals surface area (Å²) >= 11 is 0. The monoisotopic (exact) mass is 388 g/mol. The summed E-state index contributed by atoms with van der Waals surface area (Å²) in [5, 5.41) is 9.99. The van der Waals surface area contributed by atoms with Gasteiger partial charge in [-0.3, -0.25) is 9.59 Å². The van der Waals surface area contributed by atoms with Gasteiger partial charge in [-0.05, 0) is 43.7 Å². The van der Waals surface area contributed by atoms with Gasteiger partial charge < -0.3 is 15.0 Å². The number of fused-ring (bicyclic) bond motifs is 4. The van der Waals surface area contributed by atoms with Gasteiger partial charge in [0, 0.05) is 22.1 Å². The van der Waals surface area contributed by atoms with Crippen LogP contribution in [0.25, 0.3) is 22.3 Å². The van der Waals surface area contributed by atoms with Crippen molar-refractivity contribution >= 4 is 16.9 Å². The van der Waals surface area contributed by atoms with Gasteiger partial charge in [0.2, 0.25) is 0 Å². The predicted molar refractivity (Wildman–Crippen MR) is 108 cm³/mol. The van der Waals surface area contributed by atoms with Crippen LogP contribution in [0.5, 0.6) is 0 Å². The Labute approximate surface area is 167 Å². The Morgan fingerprint density at radius 1 is 1.38 bits per heavy atom. The molecular formula is C22H20N4O3. The number of carbonyl (C=O) groups excluding carboxylic acids is 1. The number of nitriles is 1. The predicted octanol–water partition coefficient (Wildman–Crippen LogP) is 2.56. The second-order valence-electron chi connectivity index (χ2n) is 7.11. The summed E-state index contributed by atoms with van der Waals surface area (Å²) in [6.45, 7) is 3.85. The minimum absolute atomic E-state index is 0.125. The summed E-state index contributed by atoms with van der Waals surface area (Å²) in [4.78, 5) is 29.5. The molecule has 1 atom stereocenters. The largest absolute Gasteiger partial charge is 0.457 e. The van der Waals surface area contributed by atoms with Crippen LogP contribution in [0.3, 0.4) is 0 Å². The van der Waals surface area contributed by atoms with E-state index < -0.39 is 12.1 Å². The van der Waals surface area contributed by atoms with Crippen molar-refractivity contribution in [2.24, 2.45) is 5.73 Å². The van der Waals surface area contributed by atoms with Crippen molar-refractivity contribution in [1.29, 1.82) is 5.26 Å². The molecule has 3 heterocycles. The Kier molecular flexibility index (Phi) is 4.65. The van der Waals surface area contributed by atoms with Gasteiger partial charge in [-0.25, -0.2) is 4.98 Å². The van der Waals surface area contributed by atoms with Gasteiger partial charge in [-0.1, -0.05) is 6.92 Å². The highest BCUT2D eigenvalue weighted by Gasteiger charge is 2.27. The van der Waals surface area contributed by atoms with Gasteiger partial charge in [-0.15, -0.1) is 0 Å². The normalized spacial score (nSPS) is 12.9. The molecule has 0 fully saturated rings. The van der Waals surface area contributed by atoms with Crippen LogP contribution in [0.15, 0.2) is 35.1 Å². The van der Waals surface area contributed by atoms with Crippen LogP contribution in [0.1, 0.15) is 41.7 Å².